The first-order chi connectivity index (χ1) is 9.58. The van der Waals surface area contributed by atoms with Gasteiger partial charge in [0.1, 0.15) is 6.10 Å². The molecule has 0 atom stereocenters. The van der Waals surface area contributed by atoms with Crippen LogP contribution in [0, 0.1) is 0 Å². The molecule has 1 aliphatic heterocycles. The quantitative estimate of drug-likeness (QED) is 0.785. The number of carbonyl (C=O) groups excluding carboxylic acids is 2. The third kappa shape index (κ3) is 4.97. The van der Waals surface area contributed by atoms with E-state index in [-0.39, 0.29) is 24.9 Å². The second-order valence-electron chi connectivity index (χ2n) is 6.76. The molecule has 0 aromatic heterocycles. The summed E-state index contributed by atoms with van der Waals surface area (Å²) in [4.78, 5) is 23.0. The van der Waals surface area contributed by atoms with E-state index in [1.54, 1.807) is 6.92 Å². The Bertz CT molecular complexity index is 374. The number of ether oxygens (including phenoxy) is 2. The number of nitrogens with zero attached hydrogens (tertiary/aromatic N) is 1. The first-order valence-corrected chi connectivity index (χ1v) is 7.43. The molecule has 0 saturated carbocycles. The zero-order valence-electron chi connectivity index (χ0n) is 13.6. The maximum absolute atomic E-state index is 11.8. The minimum Gasteiger partial charge on any atom is -0.466 e. The van der Waals surface area contributed by atoms with Crippen LogP contribution in [0.3, 0.4) is 0 Å². The molecule has 1 heterocycles. The van der Waals surface area contributed by atoms with Gasteiger partial charge in [0.05, 0.1) is 19.4 Å². The molecule has 0 radical (unpaired) electrons. The number of piperidine rings is 1. The van der Waals surface area contributed by atoms with Gasteiger partial charge in [-0.3, -0.25) is 9.59 Å². The van der Waals surface area contributed by atoms with Gasteiger partial charge in [-0.1, -0.05) is 0 Å². The molecule has 122 valence electrons. The highest BCUT2D eigenvalue weighted by atomic mass is 16.6. The van der Waals surface area contributed by atoms with Crippen molar-refractivity contribution in [1.82, 2.24) is 5.06 Å². The van der Waals surface area contributed by atoms with Crippen LogP contribution in [-0.2, 0) is 19.1 Å². The van der Waals surface area contributed by atoms with Gasteiger partial charge in [0, 0.05) is 23.9 Å². The standard InChI is InChI=1S/C15H27NO5/c1-6-20-12(17)7-8-13(18)21-11-9-14(2,3)16(19)15(4,5)10-11/h11,19H,6-10H2,1-5H3. The Labute approximate surface area is 126 Å². The summed E-state index contributed by atoms with van der Waals surface area (Å²) in [5, 5.41) is 11.5. The molecular weight excluding hydrogens is 274 g/mol. The van der Waals surface area contributed by atoms with Crippen molar-refractivity contribution < 1.29 is 24.3 Å². The molecule has 0 aromatic carbocycles. The average molecular weight is 301 g/mol. The van der Waals surface area contributed by atoms with Crippen LogP contribution in [0.2, 0.25) is 0 Å². The van der Waals surface area contributed by atoms with Crippen molar-refractivity contribution in [3.8, 4) is 0 Å². The lowest BCUT2D eigenvalue weighted by atomic mass is 9.80. The summed E-state index contributed by atoms with van der Waals surface area (Å²) < 4.78 is 10.2. The Morgan fingerprint density at radius 1 is 1.10 bits per heavy atom. The van der Waals surface area contributed by atoms with E-state index in [2.05, 4.69) is 0 Å². The maximum Gasteiger partial charge on any atom is 0.306 e. The summed E-state index contributed by atoms with van der Waals surface area (Å²) in [6.07, 6.45) is 0.918. The Hall–Kier alpha value is -1.14. The van der Waals surface area contributed by atoms with Crippen LogP contribution >= 0.6 is 0 Å². The van der Waals surface area contributed by atoms with Crippen LogP contribution in [0.25, 0.3) is 0 Å². The van der Waals surface area contributed by atoms with E-state index >= 15 is 0 Å². The molecular formula is C15H27NO5. The van der Waals surface area contributed by atoms with Gasteiger partial charge >= 0.3 is 11.9 Å². The number of hydrogen-bond donors (Lipinski definition) is 1. The molecule has 0 aromatic rings. The topological polar surface area (TPSA) is 76.1 Å². The maximum atomic E-state index is 11.8. The fourth-order valence-electron chi connectivity index (χ4n) is 2.94. The SMILES string of the molecule is CCOC(=O)CCC(=O)OC1CC(C)(C)N(O)C(C)(C)C1. The van der Waals surface area contributed by atoms with Gasteiger partial charge in [-0.15, -0.1) is 0 Å². The van der Waals surface area contributed by atoms with E-state index in [1.807, 2.05) is 27.7 Å². The van der Waals surface area contributed by atoms with Gasteiger partial charge in [-0.2, -0.15) is 5.06 Å². The minimum atomic E-state index is -0.464. The number of hydrogen-bond acceptors (Lipinski definition) is 6. The van der Waals surface area contributed by atoms with Crippen molar-refractivity contribution in [3.05, 3.63) is 0 Å². The normalized spacial score (nSPS) is 21.8. The molecule has 0 unspecified atom stereocenters. The molecule has 0 spiro atoms. The number of esters is 2. The van der Waals surface area contributed by atoms with Crippen molar-refractivity contribution in [3.63, 3.8) is 0 Å². The van der Waals surface area contributed by atoms with Gasteiger partial charge in [-0.05, 0) is 34.6 Å². The van der Waals surface area contributed by atoms with Crippen molar-refractivity contribution >= 4 is 11.9 Å². The molecule has 6 heteroatoms. The van der Waals surface area contributed by atoms with E-state index in [1.165, 1.54) is 5.06 Å². The summed E-state index contributed by atoms with van der Waals surface area (Å²) in [6.45, 7) is 9.68. The predicted molar refractivity (Wildman–Crippen MR) is 76.8 cm³/mol. The molecule has 0 aliphatic carbocycles. The zero-order valence-corrected chi connectivity index (χ0v) is 13.6. The molecule has 1 fully saturated rings. The van der Waals surface area contributed by atoms with E-state index in [4.69, 9.17) is 9.47 Å². The lowest BCUT2D eigenvalue weighted by molar-refractivity contribution is -0.259. The minimum absolute atomic E-state index is 0.0268. The Morgan fingerprint density at radius 2 is 1.57 bits per heavy atom. The van der Waals surface area contributed by atoms with Gasteiger partial charge in [0.2, 0.25) is 0 Å². The van der Waals surface area contributed by atoms with Gasteiger partial charge in [0.25, 0.3) is 0 Å². The summed E-state index contributed by atoms with van der Waals surface area (Å²) in [7, 11) is 0. The molecule has 6 nitrogen and oxygen atoms in total. The van der Waals surface area contributed by atoms with Crippen LogP contribution in [-0.4, -0.2) is 46.0 Å². The van der Waals surface area contributed by atoms with Crippen molar-refractivity contribution in [1.29, 1.82) is 0 Å². The summed E-state index contributed by atoms with van der Waals surface area (Å²) >= 11 is 0. The highest BCUT2D eigenvalue weighted by molar-refractivity contribution is 5.77. The summed E-state index contributed by atoms with van der Waals surface area (Å²) in [6, 6.07) is 0. The van der Waals surface area contributed by atoms with E-state index < -0.39 is 17.0 Å². The predicted octanol–water partition coefficient (Wildman–Crippen LogP) is 2.28. The van der Waals surface area contributed by atoms with Crippen molar-refractivity contribution in [2.75, 3.05) is 6.61 Å². The number of rotatable bonds is 5. The van der Waals surface area contributed by atoms with Gasteiger partial charge < -0.3 is 14.7 Å². The Kier molecular flexibility index (Phi) is 5.75. The number of hydroxylamine groups is 2. The third-order valence-corrected chi connectivity index (χ3v) is 3.74. The Morgan fingerprint density at radius 3 is 2.05 bits per heavy atom. The average Bonchev–Trinajstić information content (AvgIpc) is 2.33. The zero-order chi connectivity index (χ0) is 16.3. The first-order valence-electron chi connectivity index (χ1n) is 7.43. The summed E-state index contributed by atoms with van der Waals surface area (Å²) in [5.74, 6) is -0.786. The molecule has 0 bridgehead atoms. The molecule has 1 aliphatic rings. The van der Waals surface area contributed by atoms with E-state index in [0.29, 0.717) is 19.4 Å². The van der Waals surface area contributed by atoms with Crippen molar-refractivity contribution in [2.24, 2.45) is 0 Å². The molecule has 0 amide bonds. The smallest absolute Gasteiger partial charge is 0.306 e. The fraction of sp³-hybridized carbons (Fsp3) is 0.867. The largest absolute Gasteiger partial charge is 0.466 e. The van der Waals surface area contributed by atoms with Crippen LogP contribution in [0.15, 0.2) is 0 Å². The van der Waals surface area contributed by atoms with E-state index in [0.717, 1.165) is 0 Å². The van der Waals surface area contributed by atoms with Crippen LogP contribution in [0.1, 0.15) is 60.3 Å². The van der Waals surface area contributed by atoms with Crippen LogP contribution < -0.4 is 0 Å². The monoisotopic (exact) mass is 301 g/mol. The first kappa shape index (κ1) is 17.9. The second kappa shape index (κ2) is 6.75. The van der Waals surface area contributed by atoms with E-state index in [9.17, 15) is 14.8 Å². The van der Waals surface area contributed by atoms with Crippen molar-refractivity contribution in [2.45, 2.75) is 77.5 Å². The molecule has 1 N–H and O–H groups in total. The van der Waals surface area contributed by atoms with Crippen LogP contribution in [0.5, 0.6) is 0 Å². The van der Waals surface area contributed by atoms with Gasteiger partial charge in [0.15, 0.2) is 0 Å². The highest BCUT2D eigenvalue weighted by Crippen LogP contribution is 2.37. The third-order valence-electron chi connectivity index (χ3n) is 3.74. The Balaban J connectivity index is 2.51. The van der Waals surface area contributed by atoms with Crippen LogP contribution in [0.4, 0.5) is 0 Å². The second-order valence-corrected chi connectivity index (χ2v) is 6.76. The molecule has 1 saturated heterocycles. The highest BCUT2D eigenvalue weighted by Gasteiger charge is 2.46. The molecule has 21 heavy (non-hydrogen) atoms. The van der Waals surface area contributed by atoms with Gasteiger partial charge in [-0.25, -0.2) is 0 Å². The fourth-order valence-corrected chi connectivity index (χ4v) is 2.94. The molecule has 1 rings (SSSR count). The lowest BCUT2D eigenvalue weighted by Gasteiger charge is -2.50. The summed E-state index contributed by atoms with van der Waals surface area (Å²) in [5.41, 5.74) is -0.929. The number of carbonyl (C=O) groups is 2. The lowest BCUT2D eigenvalue weighted by Crippen LogP contribution is -2.60.